The first-order valence-corrected chi connectivity index (χ1v) is 10.2. The monoisotopic (exact) mass is 389 g/mol. The van der Waals surface area contributed by atoms with Gasteiger partial charge in [-0.2, -0.15) is 0 Å². The van der Waals surface area contributed by atoms with Crippen LogP contribution in [0.5, 0.6) is 0 Å². The maximum atomic E-state index is 12.9. The van der Waals surface area contributed by atoms with Crippen molar-refractivity contribution >= 4 is 27.5 Å². The van der Waals surface area contributed by atoms with Gasteiger partial charge in [0.15, 0.2) is 16.6 Å². The number of pyridine rings is 1. The van der Waals surface area contributed by atoms with Crippen LogP contribution in [0.25, 0.3) is 0 Å². The smallest absolute Gasteiger partial charge is 0.341 e. The number of benzene rings is 1. The molecule has 0 N–H and O–H groups in total. The predicted molar refractivity (Wildman–Crippen MR) is 99.1 cm³/mol. The fraction of sp³-hybridized carbons (Fsp3) is 0.278. The van der Waals surface area contributed by atoms with Crippen molar-refractivity contribution in [1.29, 1.82) is 0 Å². The van der Waals surface area contributed by atoms with E-state index in [1.54, 1.807) is 48.7 Å². The van der Waals surface area contributed by atoms with Gasteiger partial charge in [-0.25, -0.2) is 18.0 Å². The van der Waals surface area contributed by atoms with Gasteiger partial charge in [0.1, 0.15) is 0 Å². The highest BCUT2D eigenvalue weighted by Gasteiger charge is 2.29. The molecule has 1 aliphatic rings. The molecule has 0 saturated carbocycles. The minimum atomic E-state index is -3.11. The van der Waals surface area contributed by atoms with Gasteiger partial charge in [0.25, 0.3) is 0 Å². The lowest BCUT2D eigenvalue weighted by molar-refractivity contribution is 0.0507. The summed E-state index contributed by atoms with van der Waals surface area (Å²) in [5.74, 6) is -0.744. The second-order valence-electron chi connectivity index (χ2n) is 5.99. The minimum Gasteiger partial charge on any atom is -0.440 e. The van der Waals surface area contributed by atoms with Gasteiger partial charge in [-0.15, -0.1) is 0 Å². The Balaban J connectivity index is 1.73. The fourth-order valence-corrected chi connectivity index (χ4v) is 3.81. The number of para-hydroxylation sites is 1. The van der Waals surface area contributed by atoms with E-state index in [2.05, 4.69) is 4.98 Å². The normalized spacial score (nSPS) is 15.8. The highest BCUT2D eigenvalue weighted by Crippen LogP contribution is 2.17. The van der Waals surface area contributed by atoms with Crippen LogP contribution in [0.15, 0.2) is 54.9 Å². The molecule has 3 rings (SSSR count). The zero-order valence-electron chi connectivity index (χ0n) is 14.5. The van der Waals surface area contributed by atoms with Crippen molar-refractivity contribution in [3.8, 4) is 0 Å². The predicted octanol–water partition coefficient (Wildman–Crippen LogP) is 1.55. The Morgan fingerprint density at radius 1 is 1.07 bits per heavy atom. The Hall–Kier alpha value is -2.94. The van der Waals surface area contributed by atoms with Crippen LogP contribution in [0, 0.1) is 0 Å². The summed E-state index contributed by atoms with van der Waals surface area (Å²) in [4.78, 5) is 31.7. The number of hydrogen-bond donors (Lipinski definition) is 0. The molecule has 2 aromatic rings. The summed E-state index contributed by atoms with van der Waals surface area (Å²) in [5, 5.41) is 0. The lowest BCUT2D eigenvalue weighted by Gasteiger charge is -2.32. The second kappa shape index (κ2) is 8.17. The summed E-state index contributed by atoms with van der Waals surface area (Å²) in [6.45, 7) is -0.0675. The van der Waals surface area contributed by atoms with Gasteiger partial charge >= 0.3 is 12.0 Å². The number of carbonyl (C=O) groups is 2. The summed E-state index contributed by atoms with van der Waals surface area (Å²) in [6, 6.07) is 11.5. The van der Waals surface area contributed by atoms with E-state index < -0.39 is 21.8 Å². The number of hydrogen-bond acceptors (Lipinski definition) is 6. The Morgan fingerprint density at radius 3 is 2.41 bits per heavy atom. The molecule has 0 atom stereocenters. The number of amides is 2. The minimum absolute atomic E-state index is 0.0726. The highest BCUT2D eigenvalue weighted by molar-refractivity contribution is 7.91. The van der Waals surface area contributed by atoms with Crippen LogP contribution in [0.2, 0.25) is 0 Å². The Labute approximate surface area is 157 Å². The van der Waals surface area contributed by atoms with Crippen LogP contribution in [-0.4, -0.2) is 61.6 Å². The molecule has 0 spiro atoms. The van der Waals surface area contributed by atoms with Crippen molar-refractivity contribution in [2.75, 3.05) is 36.2 Å². The Bertz CT molecular complexity index is 889. The van der Waals surface area contributed by atoms with Gasteiger partial charge in [0.05, 0.1) is 17.1 Å². The fourth-order valence-electron chi connectivity index (χ4n) is 2.61. The molecule has 9 heteroatoms. The zero-order valence-corrected chi connectivity index (χ0v) is 15.3. The lowest BCUT2D eigenvalue weighted by Crippen LogP contribution is -2.50. The third-order valence-corrected chi connectivity index (χ3v) is 5.74. The van der Waals surface area contributed by atoms with E-state index in [0.29, 0.717) is 5.69 Å². The molecule has 1 fully saturated rings. The van der Waals surface area contributed by atoms with Crippen molar-refractivity contribution in [1.82, 2.24) is 9.88 Å². The molecule has 1 aromatic heterocycles. The van der Waals surface area contributed by atoms with E-state index in [4.69, 9.17) is 4.74 Å². The van der Waals surface area contributed by atoms with Crippen molar-refractivity contribution < 1.29 is 22.7 Å². The second-order valence-corrected chi connectivity index (χ2v) is 8.29. The molecule has 0 aliphatic carbocycles. The number of ether oxygens (including phenoxy) is 1. The molecule has 1 aliphatic heterocycles. The van der Waals surface area contributed by atoms with Crippen molar-refractivity contribution in [2.45, 2.75) is 0 Å². The molecule has 2 amide bonds. The Morgan fingerprint density at radius 2 is 1.78 bits per heavy atom. The van der Waals surface area contributed by atoms with Gasteiger partial charge in [-0.3, -0.25) is 9.88 Å². The van der Waals surface area contributed by atoms with Gasteiger partial charge < -0.3 is 9.64 Å². The Kier molecular flexibility index (Phi) is 5.70. The standard InChI is InChI=1S/C18H19N3O5S/c22-17(15-5-4-8-19-13-15)26-14-21(16-6-2-1-3-7-16)18(23)20-9-11-27(24,25)12-10-20/h1-8,13H,9-12,14H2. The average molecular weight is 389 g/mol. The van der Waals surface area contributed by atoms with Crippen LogP contribution >= 0.6 is 0 Å². The summed E-state index contributed by atoms with van der Waals surface area (Å²) in [7, 11) is -3.11. The number of sulfone groups is 1. The molecule has 142 valence electrons. The number of aromatic nitrogens is 1. The third-order valence-electron chi connectivity index (χ3n) is 4.14. The number of esters is 1. The van der Waals surface area contributed by atoms with Crippen LogP contribution in [-0.2, 0) is 14.6 Å². The number of rotatable bonds is 4. The maximum Gasteiger partial charge on any atom is 0.341 e. The molecule has 2 heterocycles. The summed E-state index contributed by atoms with van der Waals surface area (Å²) >= 11 is 0. The molecular formula is C18H19N3O5S. The summed E-state index contributed by atoms with van der Waals surface area (Å²) in [5.41, 5.74) is 0.831. The van der Waals surface area contributed by atoms with Crippen LogP contribution < -0.4 is 4.90 Å². The van der Waals surface area contributed by atoms with Crippen LogP contribution in [0.1, 0.15) is 10.4 Å². The number of anilines is 1. The lowest BCUT2D eigenvalue weighted by atomic mass is 10.3. The van der Waals surface area contributed by atoms with Gasteiger partial charge in [-0.05, 0) is 24.3 Å². The SMILES string of the molecule is O=C(OCN(C(=O)N1CCS(=O)(=O)CC1)c1ccccc1)c1cccnc1. The van der Waals surface area contributed by atoms with E-state index in [9.17, 15) is 18.0 Å². The summed E-state index contributed by atoms with van der Waals surface area (Å²) < 4.78 is 28.5. The average Bonchev–Trinajstić information content (AvgIpc) is 2.69. The molecular weight excluding hydrogens is 370 g/mol. The molecule has 27 heavy (non-hydrogen) atoms. The zero-order chi connectivity index (χ0) is 19.3. The first-order chi connectivity index (χ1) is 13.0. The first kappa shape index (κ1) is 18.8. The molecule has 1 saturated heterocycles. The molecule has 0 bridgehead atoms. The largest absolute Gasteiger partial charge is 0.440 e. The van der Waals surface area contributed by atoms with Crippen LogP contribution in [0.4, 0.5) is 10.5 Å². The number of urea groups is 1. The van der Waals surface area contributed by atoms with E-state index >= 15 is 0 Å². The number of nitrogens with zero attached hydrogens (tertiary/aromatic N) is 3. The van der Waals surface area contributed by atoms with Crippen molar-refractivity contribution in [3.63, 3.8) is 0 Å². The third kappa shape index (κ3) is 4.82. The van der Waals surface area contributed by atoms with Crippen molar-refractivity contribution in [3.05, 3.63) is 60.4 Å². The number of carbonyl (C=O) groups excluding carboxylic acids is 2. The molecule has 0 unspecified atom stereocenters. The van der Waals surface area contributed by atoms with E-state index in [1.165, 1.54) is 16.0 Å². The van der Waals surface area contributed by atoms with Gasteiger partial charge in [-0.1, -0.05) is 18.2 Å². The van der Waals surface area contributed by atoms with E-state index in [1.807, 2.05) is 0 Å². The van der Waals surface area contributed by atoms with Gasteiger partial charge in [0, 0.05) is 31.2 Å². The van der Waals surface area contributed by atoms with Crippen molar-refractivity contribution in [2.24, 2.45) is 0 Å². The molecule has 0 radical (unpaired) electrons. The summed E-state index contributed by atoms with van der Waals surface area (Å²) in [6.07, 6.45) is 2.92. The topological polar surface area (TPSA) is 96.9 Å². The highest BCUT2D eigenvalue weighted by atomic mass is 32.2. The quantitative estimate of drug-likeness (QED) is 0.581. The molecule has 1 aromatic carbocycles. The van der Waals surface area contributed by atoms with E-state index in [0.717, 1.165) is 0 Å². The van der Waals surface area contributed by atoms with E-state index in [-0.39, 0.29) is 36.9 Å². The first-order valence-electron chi connectivity index (χ1n) is 8.35. The van der Waals surface area contributed by atoms with Crippen LogP contribution in [0.3, 0.4) is 0 Å². The maximum absolute atomic E-state index is 12.9. The molecule has 8 nitrogen and oxygen atoms in total. The van der Waals surface area contributed by atoms with Gasteiger partial charge in [0.2, 0.25) is 0 Å².